The maximum Gasteiger partial charge on any atom is -0.00826 e. The lowest BCUT2D eigenvalue weighted by molar-refractivity contribution is 0.881. The van der Waals surface area contributed by atoms with Gasteiger partial charge in [0, 0.05) is 0 Å². The van der Waals surface area contributed by atoms with E-state index in [-0.39, 0.29) is 0 Å². The second-order valence-corrected chi connectivity index (χ2v) is 4.67. The standard InChI is InChI=1S/C16H20/c1-4-5-6-7-14-10-11-15-12(2)8-9-13(3)16(14)15/h4,8-10H,1,5-7,11H2,2-3H3. The average molecular weight is 212 g/mol. The summed E-state index contributed by atoms with van der Waals surface area (Å²) in [7, 11) is 0. The number of hydrogen-bond donors (Lipinski definition) is 0. The molecule has 0 heteroatoms. The minimum Gasteiger partial charge on any atom is -0.103 e. The summed E-state index contributed by atoms with van der Waals surface area (Å²) in [5.74, 6) is 0. The molecule has 1 aliphatic carbocycles. The maximum absolute atomic E-state index is 3.78. The molecule has 16 heavy (non-hydrogen) atoms. The van der Waals surface area contributed by atoms with Crippen LogP contribution in [0.2, 0.25) is 0 Å². The van der Waals surface area contributed by atoms with Crippen LogP contribution in [-0.2, 0) is 6.42 Å². The summed E-state index contributed by atoms with van der Waals surface area (Å²) in [6.07, 6.45) is 9.10. The lowest BCUT2D eigenvalue weighted by atomic mass is 9.94. The van der Waals surface area contributed by atoms with E-state index in [0.717, 1.165) is 12.8 Å². The first-order valence-corrected chi connectivity index (χ1v) is 6.13. The number of benzene rings is 1. The number of allylic oxidation sites excluding steroid dienone is 3. The third-order valence-electron chi connectivity index (χ3n) is 3.48. The van der Waals surface area contributed by atoms with Gasteiger partial charge in [0.2, 0.25) is 0 Å². The van der Waals surface area contributed by atoms with E-state index in [1.807, 2.05) is 6.08 Å². The van der Waals surface area contributed by atoms with Crippen molar-refractivity contribution in [2.45, 2.75) is 39.5 Å². The van der Waals surface area contributed by atoms with E-state index in [4.69, 9.17) is 0 Å². The largest absolute Gasteiger partial charge is 0.103 e. The predicted molar refractivity (Wildman–Crippen MR) is 71.6 cm³/mol. The molecule has 0 aliphatic heterocycles. The SMILES string of the molecule is C=CCCCC1=CCc2c(C)ccc(C)c21. The van der Waals surface area contributed by atoms with Crippen molar-refractivity contribution in [3.8, 4) is 0 Å². The summed E-state index contributed by atoms with van der Waals surface area (Å²) in [5, 5.41) is 0. The monoisotopic (exact) mass is 212 g/mol. The van der Waals surface area contributed by atoms with Crippen LogP contribution in [0.4, 0.5) is 0 Å². The van der Waals surface area contributed by atoms with Crippen molar-refractivity contribution in [2.75, 3.05) is 0 Å². The predicted octanol–water partition coefficient (Wildman–Crippen LogP) is 4.60. The summed E-state index contributed by atoms with van der Waals surface area (Å²) < 4.78 is 0. The lowest BCUT2D eigenvalue weighted by Crippen LogP contribution is -1.93. The van der Waals surface area contributed by atoms with Gasteiger partial charge in [-0.1, -0.05) is 24.3 Å². The fourth-order valence-corrected chi connectivity index (χ4v) is 2.57. The molecular weight excluding hydrogens is 192 g/mol. The van der Waals surface area contributed by atoms with E-state index in [1.165, 1.54) is 29.5 Å². The Labute approximate surface area is 98.7 Å². The Morgan fingerprint density at radius 1 is 1.25 bits per heavy atom. The van der Waals surface area contributed by atoms with Gasteiger partial charge in [-0.15, -0.1) is 6.58 Å². The van der Waals surface area contributed by atoms with Gasteiger partial charge in [0.15, 0.2) is 0 Å². The Balaban J connectivity index is 2.23. The average Bonchev–Trinajstić information content (AvgIpc) is 2.69. The molecule has 0 nitrogen and oxygen atoms in total. The van der Waals surface area contributed by atoms with Crippen LogP contribution in [-0.4, -0.2) is 0 Å². The number of fused-ring (bicyclic) bond motifs is 1. The van der Waals surface area contributed by atoms with E-state index >= 15 is 0 Å². The second-order valence-electron chi connectivity index (χ2n) is 4.67. The van der Waals surface area contributed by atoms with Crippen molar-refractivity contribution in [3.05, 3.63) is 53.1 Å². The smallest absolute Gasteiger partial charge is 0.00826 e. The van der Waals surface area contributed by atoms with E-state index in [2.05, 4.69) is 38.6 Å². The highest BCUT2D eigenvalue weighted by Gasteiger charge is 2.17. The van der Waals surface area contributed by atoms with Crippen LogP contribution in [0.1, 0.15) is 41.5 Å². The normalized spacial score (nSPS) is 13.5. The van der Waals surface area contributed by atoms with Gasteiger partial charge in [-0.05, 0) is 67.4 Å². The highest BCUT2D eigenvalue weighted by Crippen LogP contribution is 2.35. The fraction of sp³-hybridized carbons (Fsp3) is 0.375. The Kier molecular flexibility index (Phi) is 3.28. The van der Waals surface area contributed by atoms with Crippen LogP contribution < -0.4 is 0 Å². The van der Waals surface area contributed by atoms with Gasteiger partial charge in [0.1, 0.15) is 0 Å². The van der Waals surface area contributed by atoms with Gasteiger partial charge in [-0.2, -0.15) is 0 Å². The van der Waals surface area contributed by atoms with E-state index in [0.29, 0.717) is 0 Å². The molecule has 0 unspecified atom stereocenters. The maximum atomic E-state index is 3.78. The highest BCUT2D eigenvalue weighted by atomic mass is 14.2. The van der Waals surface area contributed by atoms with Crippen LogP contribution in [0.5, 0.6) is 0 Å². The molecule has 0 fully saturated rings. The molecule has 0 saturated carbocycles. The molecule has 0 radical (unpaired) electrons. The van der Waals surface area contributed by atoms with Crippen LogP contribution in [0.25, 0.3) is 5.57 Å². The fourth-order valence-electron chi connectivity index (χ4n) is 2.57. The van der Waals surface area contributed by atoms with Crippen LogP contribution in [0.3, 0.4) is 0 Å². The number of hydrogen-bond acceptors (Lipinski definition) is 0. The Morgan fingerprint density at radius 3 is 2.75 bits per heavy atom. The third-order valence-corrected chi connectivity index (χ3v) is 3.48. The molecule has 0 amide bonds. The van der Waals surface area contributed by atoms with Gasteiger partial charge < -0.3 is 0 Å². The summed E-state index contributed by atoms with van der Waals surface area (Å²) in [4.78, 5) is 0. The molecule has 0 spiro atoms. The highest BCUT2D eigenvalue weighted by molar-refractivity contribution is 5.76. The first-order chi connectivity index (χ1) is 7.74. The quantitative estimate of drug-likeness (QED) is 0.505. The van der Waals surface area contributed by atoms with Gasteiger partial charge >= 0.3 is 0 Å². The topological polar surface area (TPSA) is 0 Å². The lowest BCUT2D eigenvalue weighted by Gasteiger charge is -2.11. The summed E-state index contributed by atoms with van der Waals surface area (Å²) in [5.41, 5.74) is 7.51. The summed E-state index contributed by atoms with van der Waals surface area (Å²) in [6, 6.07) is 4.50. The molecule has 0 bridgehead atoms. The minimum absolute atomic E-state index is 1.12. The molecule has 0 saturated heterocycles. The third kappa shape index (κ3) is 1.97. The zero-order valence-electron chi connectivity index (χ0n) is 10.3. The van der Waals surface area contributed by atoms with Crippen molar-refractivity contribution in [2.24, 2.45) is 0 Å². The van der Waals surface area contributed by atoms with E-state index in [9.17, 15) is 0 Å². The van der Waals surface area contributed by atoms with Gasteiger partial charge in [0.25, 0.3) is 0 Å². The number of unbranched alkanes of at least 4 members (excludes halogenated alkanes) is 1. The molecule has 0 atom stereocenters. The van der Waals surface area contributed by atoms with Crippen LogP contribution in [0.15, 0.2) is 30.9 Å². The molecule has 1 aromatic carbocycles. The van der Waals surface area contributed by atoms with Crippen molar-refractivity contribution < 1.29 is 0 Å². The van der Waals surface area contributed by atoms with Crippen molar-refractivity contribution >= 4 is 5.57 Å². The molecule has 0 N–H and O–H groups in total. The zero-order chi connectivity index (χ0) is 11.5. The Morgan fingerprint density at radius 2 is 2.00 bits per heavy atom. The van der Waals surface area contributed by atoms with Gasteiger partial charge in [-0.3, -0.25) is 0 Å². The first-order valence-electron chi connectivity index (χ1n) is 6.13. The molecule has 1 aliphatic rings. The van der Waals surface area contributed by atoms with E-state index < -0.39 is 0 Å². The van der Waals surface area contributed by atoms with E-state index in [1.54, 1.807) is 11.1 Å². The first kappa shape index (κ1) is 11.2. The van der Waals surface area contributed by atoms with Crippen LogP contribution in [0, 0.1) is 13.8 Å². The zero-order valence-corrected chi connectivity index (χ0v) is 10.3. The Hall–Kier alpha value is -1.30. The van der Waals surface area contributed by atoms with Gasteiger partial charge in [0.05, 0.1) is 0 Å². The molecule has 0 aromatic heterocycles. The number of aryl methyl sites for hydroxylation is 2. The molecular formula is C16H20. The van der Waals surface area contributed by atoms with Crippen molar-refractivity contribution in [3.63, 3.8) is 0 Å². The molecule has 2 rings (SSSR count). The van der Waals surface area contributed by atoms with Gasteiger partial charge in [-0.25, -0.2) is 0 Å². The van der Waals surface area contributed by atoms with Crippen molar-refractivity contribution in [1.82, 2.24) is 0 Å². The minimum atomic E-state index is 1.12. The summed E-state index contributed by atoms with van der Waals surface area (Å²) in [6.45, 7) is 8.23. The van der Waals surface area contributed by atoms with Crippen LogP contribution >= 0.6 is 0 Å². The Bertz CT molecular complexity index is 436. The molecule has 0 heterocycles. The molecule has 84 valence electrons. The second kappa shape index (κ2) is 4.69. The van der Waals surface area contributed by atoms with Crippen molar-refractivity contribution in [1.29, 1.82) is 0 Å². The number of rotatable bonds is 4. The molecule has 1 aromatic rings. The summed E-state index contributed by atoms with van der Waals surface area (Å²) >= 11 is 0.